The summed E-state index contributed by atoms with van der Waals surface area (Å²) in [6.07, 6.45) is 1.64. The van der Waals surface area contributed by atoms with Crippen molar-refractivity contribution in [3.8, 4) is 0 Å². The highest BCUT2D eigenvalue weighted by Crippen LogP contribution is 2.19. The molecule has 0 aromatic heterocycles. The van der Waals surface area contributed by atoms with E-state index in [0.717, 1.165) is 29.7 Å². The Labute approximate surface area is 149 Å². The second kappa shape index (κ2) is 8.47. The van der Waals surface area contributed by atoms with E-state index in [9.17, 15) is 9.59 Å². The number of carbonyl (C=O) groups is 2. The SMILES string of the molecule is CCC(CC)C(=O)Nc1ccc(C(=O)Nc2cc(C)ccc2C)cc1. The van der Waals surface area contributed by atoms with Crippen LogP contribution in [-0.2, 0) is 4.79 Å². The maximum absolute atomic E-state index is 12.4. The molecule has 0 spiro atoms. The largest absolute Gasteiger partial charge is 0.326 e. The van der Waals surface area contributed by atoms with Gasteiger partial charge in [0.15, 0.2) is 0 Å². The first-order valence-corrected chi connectivity index (χ1v) is 8.74. The molecular weight excluding hydrogens is 312 g/mol. The van der Waals surface area contributed by atoms with E-state index < -0.39 is 0 Å². The van der Waals surface area contributed by atoms with Crippen LogP contribution < -0.4 is 10.6 Å². The normalized spacial score (nSPS) is 10.6. The average Bonchev–Trinajstić information content (AvgIpc) is 2.60. The molecule has 132 valence electrons. The van der Waals surface area contributed by atoms with Gasteiger partial charge in [-0.2, -0.15) is 0 Å². The minimum Gasteiger partial charge on any atom is -0.326 e. The predicted octanol–water partition coefficient (Wildman–Crippen LogP) is 4.93. The zero-order chi connectivity index (χ0) is 18.4. The Morgan fingerprint density at radius 2 is 1.56 bits per heavy atom. The molecule has 2 N–H and O–H groups in total. The van der Waals surface area contributed by atoms with E-state index in [1.807, 2.05) is 45.9 Å². The predicted molar refractivity (Wildman–Crippen MR) is 103 cm³/mol. The third-order valence-corrected chi connectivity index (χ3v) is 4.41. The quantitative estimate of drug-likeness (QED) is 0.784. The van der Waals surface area contributed by atoms with Crippen LogP contribution in [0.5, 0.6) is 0 Å². The standard InChI is InChI=1S/C21H26N2O2/c1-5-16(6-2)20(24)22-18-11-9-17(10-12-18)21(25)23-19-13-14(3)7-8-15(19)4/h7-13,16H,5-6H2,1-4H3,(H,22,24)(H,23,25). The molecule has 2 aromatic rings. The molecule has 0 atom stereocenters. The molecule has 0 fully saturated rings. The number of carbonyl (C=O) groups excluding carboxylic acids is 2. The summed E-state index contributed by atoms with van der Waals surface area (Å²) in [6, 6.07) is 12.9. The minimum absolute atomic E-state index is 0.0206. The van der Waals surface area contributed by atoms with E-state index in [1.54, 1.807) is 24.3 Å². The number of hydrogen-bond acceptors (Lipinski definition) is 2. The third-order valence-electron chi connectivity index (χ3n) is 4.41. The van der Waals surface area contributed by atoms with Gasteiger partial charge in [0.05, 0.1) is 0 Å². The molecule has 0 saturated carbocycles. The lowest BCUT2D eigenvalue weighted by atomic mass is 10.0. The molecule has 0 saturated heterocycles. The molecule has 2 aromatic carbocycles. The maximum Gasteiger partial charge on any atom is 0.255 e. The molecule has 2 rings (SSSR count). The highest BCUT2D eigenvalue weighted by atomic mass is 16.2. The number of anilines is 2. The Balaban J connectivity index is 2.05. The molecular formula is C21H26N2O2. The van der Waals surface area contributed by atoms with E-state index in [4.69, 9.17) is 0 Å². The van der Waals surface area contributed by atoms with Gasteiger partial charge in [0.2, 0.25) is 5.91 Å². The van der Waals surface area contributed by atoms with Gasteiger partial charge in [0, 0.05) is 22.9 Å². The van der Waals surface area contributed by atoms with Gasteiger partial charge in [-0.15, -0.1) is 0 Å². The van der Waals surface area contributed by atoms with Gasteiger partial charge >= 0.3 is 0 Å². The second-order valence-electron chi connectivity index (χ2n) is 6.35. The van der Waals surface area contributed by atoms with Gasteiger partial charge < -0.3 is 10.6 Å². The first-order valence-electron chi connectivity index (χ1n) is 8.74. The van der Waals surface area contributed by atoms with Crippen molar-refractivity contribution in [1.29, 1.82) is 0 Å². The third kappa shape index (κ3) is 4.92. The fourth-order valence-corrected chi connectivity index (χ4v) is 2.67. The second-order valence-corrected chi connectivity index (χ2v) is 6.35. The van der Waals surface area contributed by atoms with E-state index in [-0.39, 0.29) is 17.7 Å². The Bertz CT molecular complexity index is 747. The van der Waals surface area contributed by atoms with E-state index in [2.05, 4.69) is 10.6 Å². The van der Waals surface area contributed by atoms with Crippen molar-refractivity contribution < 1.29 is 9.59 Å². The number of aryl methyl sites for hydroxylation is 2. The summed E-state index contributed by atoms with van der Waals surface area (Å²) in [4.78, 5) is 24.5. The highest BCUT2D eigenvalue weighted by molar-refractivity contribution is 6.05. The molecule has 0 aliphatic carbocycles. The molecule has 4 heteroatoms. The van der Waals surface area contributed by atoms with Crippen molar-refractivity contribution in [1.82, 2.24) is 0 Å². The lowest BCUT2D eigenvalue weighted by molar-refractivity contribution is -0.120. The molecule has 0 heterocycles. The average molecular weight is 338 g/mol. The van der Waals surface area contributed by atoms with Gasteiger partial charge in [-0.3, -0.25) is 9.59 Å². The van der Waals surface area contributed by atoms with Crippen molar-refractivity contribution in [2.45, 2.75) is 40.5 Å². The number of nitrogens with one attached hydrogen (secondary N) is 2. The Morgan fingerprint density at radius 3 is 2.16 bits per heavy atom. The van der Waals surface area contributed by atoms with E-state index in [0.29, 0.717) is 11.3 Å². The van der Waals surface area contributed by atoms with Crippen LogP contribution >= 0.6 is 0 Å². The summed E-state index contributed by atoms with van der Waals surface area (Å²) in [5.74, 6) is -0.114. The van der Waals surface area contributed by atoms with Crippen LogP contribution in [0.15, 0.2) is 42.5 Å². The highest BCUT2D eigenvalue weighted by Gasteiger charge is 2.14. The zero-order valence-electron chi connectivity index (χ0n) is 15.3. The lowest BCUT2D eigenvalue weighted by Crippen LogP contribution is -2.21. The van der Waals surface area contributed by atoms with Crippen LogP contribution in [0.25, 0.3) is 0 Å². The summed E-state index contributed by atoms with van der Waals surface area (Å²) >= 11 is 0. The molecule has 0 radical (unpaired) electrons. The molecule has 0 aliphatic rings. The topological polar surface area (TPSA) is 58.2 Å². The lowest BCUT2D eigenvalue weighted by Gasteiger charge is -2.13. The van der Waals surface area contributed by atoms with Crippen LogP contribution in [-0.4, -0.2) is 11.8 Å². The molecule has 2 amide bonds. The molecule has 0 aliphatic heterocycles. The molecule has 0 unspecified atom stereocenters. The van der Waals surface area contributed by atoms with Crippen molar-refractivity contribution in [2.75, 3.05) is 10.6 Å². The van der Waals surface area contributed by atoms with Crippen molar-refractivity contribution >= 4 is 23.2 Å². The Kier molecular flexibility index (Phi) is 6.34. The van der Waals surface area contributed by atoms with Gasteiger partial charge in [-0.05, 0) is 68.1 Å². The number of amides is 2. The summed E-state index contributed by atoms with van der Waals surface area (Å²) in [5, 5.41) is 5.84. The Hall–Kier alpha value is -2.62. The molecule has 4 nitrogen and oxygen atoms in total. The monoisotopic (exact) mass is 338 g/mol. The van der Waals surface area contributed by atoms with Gasteiger partial charge in [-0.25, -0.2) is 0 Å². The minimum atomic E-state index is -0.161. The van der Waals surface area contributed by atoms with Crippen molar-refractivity contribution in [3.05, 3.63) is 59.2 Å². The fourth-order valence-electron chi connectivity index (χ4n) is 2.67. The van der Waals surface area contributed by atoms with Gasteiger partial charge in [0.25, 0.3) is 5.91 Å². The summed E-state index contributed by atoms with van der Waals surface area (Å²) in [5.41, 5.74) is 4.20. The van der Waals surface area contributed by atoms with Crippen molar-refractivity contribution in [2.24, 2.45) is 5.92 Å². The summed E-state index contributed by atoms with van der Waals surface area (Å²) < 4.78 is 0. The summed E-state index contributed by atoms with van der Waals surface area (Å²) in [7, 11) is 0. The van der Waals surface area contributed by atoms with Gasteiger partial charge in [0.1, 0.15) is 0 Å². The number of hydrogen-bond donors (Lipinski definition) is 2. The van der Waals surface area contributed by atoms with Crippen LogP contribution in [0.2, 0.25) is 0 Å². The summed E-state index contributed by atoms with van der Waals surface area (Å²) in [6.45, 7) is 7.97. The first-order chi connectivity index (χ1) is 11.9. The molecule has 0 bridgehead atoms. The van der Waals surface area contributed by atoms with Crippen LogP contribution in [0.1, 0.15) is 48.2 Å². The maximum atomic E-state index is 12.4. The van der Waals surface area contributed by atoms with Crippen LogP contribution in [0.3, 0.4) is 0 Å². The first kappa shape index (κ1) is 18.7. The number of benzene rings is 2. The smallest absolute Gasteiger partial charge is 0.255 e. The van der Waals surface area contributed by atoms with Crippen LogP contribution in [0, 0.1) is 19.8 Å². The zero-order valence-corrected chi connectivity index (χ0v) is 15.3. The number of rotatable bonds is 6. The van der Waals surface area contributed by atoms with E-state index in [1.165, 1.54) is 0 Å². The van der Waals surface area contributed by atoms with E-state index >= 15 is 0 Å². The Morgan fingerprint density at radius 1 is 0.920 bits per heavy atom. The fraction of sp³-hybridized carbons (Fsp3) is 0.333. The van der Waals surface area contributed by atoms with Crippen molar-refractivity contribution in [3.63, 3.8) is 0 Å². The van der Waals surface area contributed by atoms with Crippen LogP contribution in [0.4, 0.5) is 11.4 Å². The molecule has 25 heavy (non-hydrogen) atoms. The van der Waals surface area contributed by atoms with Gasteiger partial charge in [-0.1, -0.05) is 26.0 Å².